The Morgan fingerprint density at radius 2 is 1.93 bits per heavy atom. The first-order chi connectivity index (χ1) is 6.53. The molecule has 0 amide bonds. The van der Waals surface area contributed by atoms with Crippen molar-refractivity contribution in [3.05, 3.63) is 29.8 Å². The number of hydrogen-bond acceptors (Lipinski definition) is 2. The Kier molecular flexibility index (Phi) is 3.25. The normalized spacial score (nSPS) is 11.1. The van der Waals surface area contributed by atoms with Crippen molar-refractivity contribution in [1.29, 1.82) is 0 Å². The van der Waals surface area contributed by atoms with Crippen molar-refractivity contribution in [2.24, 2.45) is 0 Å². The van der Waals surface area contributed by atoms with E-state index in [1.807, 2.05) is 33.3 Å². The molecule has 1 aromatic rings. The van der Waals surface area contributed by atoms with Crippen molar-refractivity contribution in [2.45, 2.75) is 0 Å². The second kappa shape index (κ2) is 4.24. The summed E-state index contributed by atoms with van der Waals surface area (Å²) in [5.41, 5.74) is 0.598. The Hall–Kier alpha value is -1.35. The zero-order chi connectivity index (χ0) is 10.6. The summed E-state index contributed by atoms with van der Waals surface area (Å²) < 4.78 is 6.24. The maximum Gasteiger partial charge on any atom is 0.223 e. The van der Waals surface area contributed by atoms with Gasteiger partial charge in [-0.05, 0) is 12.1 Å². The quantitative estimate of drug-likeness (QED) is 0.413. The van der Waals surface area contributed by atoms with Crippen LogP contribution in [0, 0.1) is 0 Å². The molecule has 1 aromatic carbocycles. The molecule has 0 fully saturated rings. The van der Waals surface area contributed by atoms with Gasteiger partial charge in [0, 0.05) is 0 Å². The molecule has 0 atom stereocenters. The molecule has 3 heteroatoms. The van der Waals surface area contributed by atoms with Crippen LogP contribution in [0.5, 0.6) is 5.75 Å². The largest absolute Gasteiger partial charge is 0.445 e. The molecule has 0 saturated carbocycles. The SMILES string of the molecule is C[N+](C)(C)COc1ccccc1C=O. The lowest BCUT2D eigenvalue weighted by atomic mass is 10.2. The van der Waals surface area contributed by atoms with E-state index in [0.29, 0.717) is 22.5 Å². The monoisotopic (exact) mass is 194 g/mol. The van der Waals surface area contributed by atoms with E-state index >= 15 is 0 Å². The van der Waals surface area contributed by atoms with Crippen molar-refractivity contribution >= 4 is 6.29 Å². The Bertz CT molecular complexity index is 315. The van der Waals surface area contributed by atoms with Crippen LogP contribution in [0.15, 0.2) is 24.3 Å². The van der Waals surface area contributed by atoms with Crippen LogP contribution < -0.4 is 4.74 Å². The van der Waals surface area contributed by atoms with Crippen LogP contribution >= 0.6 is 0 Å². The zero-order valence-electron chi connectivity index (χ0n) is 8.86. The van der Waals surface area contributed by atoms with Crippen LogP contribution in [0.2, 0.25) is 0 Å². The fourth-order valence-electron chi connectivity index (χ4n) is 0.973. The minimum absolute atomic E-state index is 0.546. The predicted octanol–water partition coefficient (Wildman–Crippen LogP) is 1.54. The molecule has 3 nitrogen and oxygen atoms in total. The van der Waals surface area contributed by atoms with Crippen molar-refractivity contribution in [2.75, 3.05) is 27.9 Å². The highest BCUT2D eigenvalue weighted by Gasteiger charge is 2.09. The summed E-state index contributed by atoms with van der Waals surface area (Å²) in [6.07, 6.45) is 0.811. The first-order valence-corrected chi connectivity index (χ1v) is 4.50. The van der Waals surface area contributed by atoms with Crippen LogP contribution in [-0.4, -0.2) is 38.6 Å². The molecule has 0 aliphatic rings. The summed E-state index contributed by atoms with van der Waals surface area (Å²) >= 11 is 0. The zero-order valence-corrected chi connectivity index (χ0v) is 8.86. The van der Waals surface area contributed by atoms with E-state index in [2.05, 4.69) is 0 Å². The van der Waals surface area contributed by atoms with Gasteiger partial charge >= 0.3 is 0 Å². The molecule has 0 aliphatic carbocycles. The lowest BCUT2D eigenvalue weighted by Gasteiger charge is -2.23. The molecule has 0 saturated heterocycles. The third-order valence-electron chi connectivity index (χ3n) is 1.65. The summed E-state index contributed by atoms with van der Waals surface area (Å²) in [7, 11) is 6.09. The molecule has 0 spiro atoms. The Labute approximate surface area is 84.5 Å². The van der Waals surface area contributed by atoms with Gasteiger partial charge in [0.15, 0.2) is 6.29 Å². The van der Waals surface area contributed by atoms with Gasteiger partial charge in [-0.25, -0.2) is 0 Å². The number of carbonyl (C=O) groups is 1. The highest BCUT2D eigenvalue weighted by atomic mass is 16.5. The lowest BCUT2D eigenvalue weighted by Crippen LogP contribution is -2.38. The fraction of sp³-hybridized carbons (Fsp3) is 0.364. The van der Waals surface area contributed by atoms with Crippen LogP contribution in [0.3, 0.4) is 0 Å². The second-order valence-corrected chi connectivity index (χ2v) is 4.22. The molecule has 0 radical (unpaired) electrons. The number of ether oxygens (including phenoxy) is 1. The molecule has 1 rings (SSSR count). The Morgan fingerprint density at radius 1 is 1.29 bits per heavy atom. The number of rotatable bonds is 4. The van der Waals surface area contributed by atoms with Gasteiger partial charge in [0.25, 0.3) is 0 Å². The molecule has 14 heavy (non-hydrogen) atoms. The van der Waals surface area contributed by atoms with Gasteiger partial charge in [-0.1, -0.05) is 12.1 Å². The fourth-order valence-corrected chi connectivity index (χ4v) is 0.973. The Balaban J connectivity index is 2.71. The molecule has 0 aromatic heterocycles. The number of para-hydroxylation sites is 1. The topological polar surface area (TPSA) is 26.3 Å². The summed E-state index contributed by atoms with van der Waals surface area (Å²) in [5.74, 6) is 0.649. The maximum absolute atomic E-state index is 10.7. The van der Waals surface area contributed by atoms with E-state index in [9.17, 15) is 4.79 Å². The third kappa shape index (κ3) is 3.18. The average Bonchev–Trinajstić information content (AvgIpc) is 2.14. The van der Waals surface area contributed by atoms with E-state index in [1.165, 1.54) is 0 Å². The summed E-state index contributed by atoms with van der Waals surface area (Å²) in [6, 6.07) is 7.23. The highest BCUT2D eigenvalue weighted by molar-refractivity contribution is 5.79. The summed E-state index contributed by atoms with van der Waals surface area (Å²) in [5, 5.41) is 0. The number of hydrogen-bond donors (Lipinski definition) is 0. The molecule has 0 N–H and O–H groups in total. The maximum atomic E-state index is 10.7. The number of quaternary nitrogens is 1. The molecule has 0 unspecified atom stereocenters. The van der Waals surface area contributed by atoms with Gasteiger partial charge in [-0.3, -0.25) is 9.28 Å². The highest BCUT2D eigenvalue weighted by Crippen LogP contribution is 2.15. The van der Waals surface area contributed by atoms with Crippen LogP contribution in [-0.2, 0) is 0 Å². The van der Waals surface area contributed by atoms with Crippen molar-refractivity contribution < 1.29 is 14.0 Å². The first-order valence-electron chi connectivity index (χ1n) is 4.50. The van der Waals surface area contributed by atoms with E-state index in [0.717, 1.165) is 6.29 Å². The van der Waals surface area contributed by atoms with Gasteiger partial charge in [-0.2, -0.15) is 0 Å². The Morgan fingerprint density at radius 3 is 2.50 bits per heavy atom. The minimum Gasteiger partial charge on any atom is -0.445 e. The van der Waals surface area contributed by atoms with Crippen molar-refractivity contribution in [1.82, 2.24) is 0 Å². The smallest absolute Gasteiger partial charge is 0.223 e. The van der Waals surface area contributed by atoms with Crippen molar-refractivity contribution in [3.63, 3.8) is 0 Å². The molecule has 76 valence electrons. The predicted molar refractivity (Wildman–Crippen MR) is 55.4 cm³/mol. The number of aldehydes is 1. The van der Waals surface area contributed by atoms with Gasteiger partial charge in [0.2, 0.25) is 6.73 Å². The minimum atomic E-state index is 0.546. The molecule has 0 aliphatic heterocycles. The van der Waals surface area contributed by atoms with E-state index in [4.69, 9.17) is 4.74 Å². The molecule has 0 bridgehead atoms. The molecule has 0 heterocycles. The van der Waals surface area contributed by atoms with Gasteiger partial charge in [-0.15, -0.1) is 0 Å². The van der Waals surface area contributed by atoms with E-state index < -0.39 is 0 Å². The number of carbonyl (C=O) groups excluding carboxylic acids is 1. The van der Waals surface area contributed by atoms with Gasteiger partial charge in [0.1, 0.15) is 5.75 Å². The van der Waals surface area contributed by atoms with Crippen LogP contribution in [0.25, 0.3) is 0 Å². The summed E-state index contributed by atoms with van der Waals surface area (Å²) in [4.78, 5) is 10.7. The lowest BCUT2D eigenvalue weighted by molar-refractivity contribution is -0.886. The van der Waals surface area contributed by atoms with Crippen LogP contribution in [0.1, 0.15) is 10.4 Å². The first kappa shape index (κ1) is 10.7. The number of benzene rings is 1. The van der Waals surface area contributed by atoms with Crippen molar-refractivity contribution in [3.8, 4) is 5.75 Å². The van der Waals surface area contributed by atoms with E-state index in [1.54, 1.807) is 12.1 Å². The second-order valence-electron chi connectivity index (χ2n) is 4.22. The van der Waals surface area contributed by atoms with E-state index in [-0.39, 0.29) is 0 Å². The average molecular weight is 194 g/mol. The van der Waals surface area contributed by atoms with Gasteiger partial charge < -0.3 is 4.74 Å². The van der Waals surface area contributed by atoms with Gasteiger partial charge in [0.05, 0.1) is 26.7 Å². The molecular formula is C11H16NO2+. The van der Waals surface area contributed by atoms with Crippen LogP contribution in [0.4, 0.5) is 0 Å². The summed E-state index contributed by atoms with van der Waals surface area (Å²) in [6.45, 7) is 0.546. The third-order valence-corrected chi connectivity index (χ3v) is 1.65. The molecular weight excluding hydrogens is 178 g/mol. The standard InChI is InChI=1S/C11H16NO2/c1-12(2,3)9-14-11-7-5-4-6-10(11)8-13/h4-8H,9H2,1-3H3/q+1. The number of nitrogens with zero attached hydrogens (tertiary/aromatic N) is 1.